The summed E-state index contributed by atoms with van der Waals surface area (Å²) in [5.74, 6) is 0.114. The average molecular weight is 439 g/mol. The van der Waals surface area contributed by atoms with Crippen LogP contribution < -0.4 is 10.1 Å². The van der Waals surface area contributed by atoms with Crippen molar-refractivity contribution in [3.8, 4) is 5.75 Å². The van der Waals surface area contributed by atoms with Crippen molar-refractivity contribution >= 4 is 34.2 Å². The van der Waals surface area contributed by atoms with Gasteiger partial charge in [0.15, 0.2) is 6.61 Å². The van der Waals surface area contributed by atoms with E-state index in [1.807, 2.05) is 74.5 Å². The van der Waals surface area contributed by atoms with E-state index in [-0.39, 0.29) is 31.0 Å². The summed E-state index contributed by atoms with van der Waals surface area (Å²) in [6.45, 7) is 5.51. The maximum absolute atomic E-state index is 13.2. The summed E-state index contributed by atoms with van der Waals surface area (Å²) >= 11 is 6.31. The van der Waals surface area contributed by atoms with Crippen LogP contribution in [0, 0.1) is 0 Å². The van der Waals surface area contributed by atoms with Crippen LogP contribution in [-0.2, 0) is 16.1 Å². The first-order valence-corrected chi connectivity index (χ1v) is 10.7. The van der Waals surface area contributed by atoms with Crippen molar-refractivity contribution in [1.29, 1.82) is 0 Å². The molecule has 0 aliphatic heterocycles. The molecule has 3 rings (SSSR count). The minimum absolute atomic E-state index is 0.0286. The van der Waals surface area contributed by atoms with Crippen molar-refractivity contribution in [1.82, 2.24) is 10.2 Å². The number of carbonyl (C=O) groups excluding carboxylic acids is 2. The third-order valence-electron chi connectivity index (χ3n) is 5.00. The third kappa shape index (κ3) is 5.76. The molecule has 1 unspecified atom stereocenters. The molecule has 0 radical (unpaired) electrons. The van der Waals surface area contributed by atoms with Crippen LogP contribution >= 0.6 is 11.6 Å². The van der Waals surface area contributed by atoms with E-state index in [1.165, 1.54) is 4.90 Å². The second-order valence-electron chi connectivity index (χ2n) is 7.72. The standard InChI is InChI=1S/C25H27ClN2O3/c1-17(2)27-25(30)18(3)28(15-20-10-5-7-13-22(20)26)24(29)16-31-23-14-8-11-19-9-4-6-12-21(19)23/h4-14,17-18H,15-16H2,1-3H3,(H,27,30). The maximum Gasteiger partial charge on any atom is 0.261 e. The highest BCUT2D eigenvalue weighted by molar-refractivity contribution is 6.31. The van der Waals surface area contributed by atoms with Crippen molar-refractivity contribution in [3.63, 3.8) is 0 Å². The average Bonchev–Trinajstić information content (AvgIpc) is 2.76. The topological polar surface area (TPSA) is 58.6 Å². The zero-order valence-electron chi connectivity index (χ0n) is 18.0. The largest absolute Gasteiger partial charge is 0.483 e. The summed E-state index contributed by atoms with van der Waals surface area (Å²) in [7, 11) is 0. The van der Waals surface area contributed by atoms with Crippen molar-refractivity contribution in [2.45, 2.75) is 39.4 Å². The molecule has 0 heterocycles. The van der Waals surface area contributed by atoms with E-state index in [9.17, 15) is 9.59 Å². The number of hydrogen-bond donors (Lipinski definition) is 1. The fourth-order valence-electron chi connectivity index (χ4n) is 3.34. The predicted octanol–water partition coefficient (Wildman–Crippen LogP) is 4.81. The number of nitrogens with one attached hydrogen (secondary N) is 1. The van der Waals surface area contributed by atoms with Crippen molar-refractivity contribution in [2.24, 2.45) is 0 Å². The number of ether oxygens (including phenoxy) is 1. The van der Waals surface area contributed by atoms with Gasteiger partial charge in [-0.15, -0.1) is 0 Å². The minimum Gasteiger partial charge on any atom is -0.483 e. The maximum atomic E-state index is 13.2. The molecule has 0 saturated heterocycles. The van der Waals surface area contributed by atoms with Crippen molar-refractivity contribution in [3.05, 3.63) is 77.3 Å². The van der Waals surface area contributed by atoms with Crippen LogP contribution in [0.1, 0.15) is 26.3 Å². The van der Waals surface area contributed by atoms with Crippen LogP contribution in [0.2, 0.25) is 5.02 Å². The number of rotatable bonds is 8. The van der Waals surface area contributed by atoms with Gasteiger partial charge in [-0.1, -0.05) is 66.2 Å². The zero-order valence-corrected chi connectivity index (χ0v) is 18.7. The first kappa shape index (κ1) is 22.6. The van der Waals surface area contributed by atoms with E-state index in [0.717, 1.165) is 16.3 Å². The van der Waals surface area contributed by atoms with Gasteiger partial charge in [0, 0.05) is 23.0 Å². The summed E-state index contributed by atoms with van der Waals surface area (Å²) in [4.78, 5) is 27.3. The molecular weight excluding hydrogens is 412 g/mol. The normalized spacial score (nSPS) is 11.9. The van der Waals surface area contributed by atoms with Gasteiger partial charge >= 0.3 is 0 Å². The third-order valence-corrected chi connectivity index (χ3v) is 5.37. The molecule has 0 aromatic heterocycles. The second kappa shape index (κ2) is 10.3. The lowest BCUT2D eigenvalue weighted by Crippen LogP contribution is -2.50. The highest BCUT2D eigenvalue weighted by Gasteiger charge is 2.27. The molecular formula is C25H27ClN2O3. The lowest BCUT2D eigenvalue weighted by Gasteiger charge is -2.29. The van der Waals surface area contributed by atoms with E-state index >= 15 is 0 Å². The van der Waals surface area contributed by atoms with Crippen molar-refractivity contribution < 1.29 is 14.3 Å². The first-order chi connectivity index (χ1) is 14.9. The Kier molecular flexibility index (Phi) is 7.53. The van der Waals surface area contributed by atoms with E-state index in [4.69, 9.17) is 16.3 Å². The van der Waals surface area contributed by atoms with E-state index in [0.29, 0.717) is 10.8 Å². The molecule has 0 aliphatic carbocycles. The molecule has 3 aromatic carbocycles. The Morgan fingerprint density at radius 1 is 0.968 bits per heavy atom. The van der Waals surface area contributed by atoms with Gasteiger partial charge in [0.05, 0.1) is 0 Å². The van der Waals surface area contributed by atoms with Crippen LogP contribution in [0.25, 0.3) is 10.8 Å². The predicted molar refractivity (Wildman–Crippen MR) is 124 cm³/mol. The first-order valence-electron chi connectivity index (χ1n) is 10.3. The summed E-state index contributed by atoms with van der Waals surface area (Å²) in [6, 6.07) is 20.1. The number of carbonyl (C=O) groups is 2. The van der Waals surface area contributed by atoms with E-state index < -0.39 is 6.04 Å². The fourth-order valence-corrected chi connectivity index (χ4v) is 3.54. The molecule has 3 aromatic rings. The van der Waals surface area contributed by atoms with Crippen molar-refractivity contribution in [2.75, 3.05) is 6.61 Å². The Morgan fingerprint density at radius 2 is 1.65 bits per heavy atom. The van der Waals surface area contributed by atoms with Crippen LogP contribution in [0.4, 0.5) is 0 Å². The quantitative estimate of drug-likeness (QED) is 0.548. The van der Waals surface area contributed by atoms with Gasteiger partial charge in [0.1, 0.15) is 11.8 Å². The number of hydrogen-bond acceptors (Lipinski definition) is 3. The highest BCUT2D eigenvalue weighted by Crippen LogP contribution is 2.25. The van der Waals surface area contributed by atoms with E-state index in [1.54, 1.807) is 13.0 Å². The molecule has 0 aliphatic rings. The second-order valence-corrected chi connectivity index (χ2v) is 8.13. The lowest BCUT2D eigenvalue weighted by atomic mass is 10.1. The molecule has 1 atom stereocenters. The Hall–Kier alpha value is -3.05. The van der Waals surface area contributed by atoms with Gasteiger partial charge in [-0.05, 0) is 43.9 Å². The van der Waals surface area contributed by atoms with Gasteiger partial charge in [-0.2, -0.15) is 0 Å². The number of benzene rings is 3. The molecule has 5 nitrogen and oxygen atoms in total. The van der Waals surface area contributed by atoms with Gasteiger partial charge in [-0.25, -0.2) is 0 Å². The number of nitrogens with zero attached hydrogens (tertiary/aromatic N) is 1. The van der Waals surface area contributed by atoms with Gasteiger partial charge in [0.2, 0.25) is 5.91 Å². The fraction of sp³-hybridized carbons (Fsp3) is 0.280. The smallest absolute Gasteiger partial charge is 0.261 e. The number of amides is 2. The molecule has 0 bridgehead atoms. The molecule has 0 saturated carbocycles. The molecule has 162 valence electrons. The minimum atomic E-state index is -0.678. The molecule has 31 heavy (non-hydrogen) atoms. The summed E-state index contributed by atoms with van der Waals surface area (Å²) in [5.41, 5.74) is 0.770. The summed E-state index contributed by atoms with van der Waals surface area (Å²) < 4.78 is 5.89. The lowest BCUT2D eigenvalue weighted by molar-refractivity contribution is -0.142. The molecule has 6 heteroatoms. The molecule has 0 spiro atoms. The Balaban J connectivity index is 1.81. The Labute approximate surface area is 188 Å². The Morgan fingerprint density at radius 3 is 2.39 bits per heavy atom. The number of halogens is 1. The molecule has 0 fully saturated rings. The zero-order chi connectivity index (χ0) is 22.4. The molecule has 2 amide bonds. The van der Waals surface area contributed by atoms with Crippen LogP contribution in [-0.4, -0.2) is 35.4 Å². The van der Waals surface area contributed by atoms with Crippen LogP contribution in [0.5, 0.6) is 5.75 Å². The molecule has 1 N–H and O–H groups in total. The highest BCUT2D eigenvalue weighted by atomic mass is 35.5. The monoisotopic (exact) mass is 438 g/mol. The van der Waals surface area contributed by atoms with E-state index in [2.05, 4.69) is 5.32 Å². The SMILES string of the molecule is CC(C)NC(=O)C(C)N(Cc1ccccc1Cl)C(=O)COc1cccc2ccccc12. The summed E-state index contributed by atoms with van der Waals surface area (Å²) in [5, 5.41) is 5.38. The Bertz CT molecular complexity index is 1060. The van der Waals surface area contributed by atoms with Gasteiger partial charge < -0.3 is 15.0 Å². The summed E-state index contributed by atoms with van der Waals surface area (Å²) in [6.07, 6.45) is 0. The van der Waals surface area contributed by atoms with Gasteiger partial charge in [-0.3, -0.25) is 9.59 Å². The van der Waals surface area contributed by atoms with Crippen LogP contribution in [0.15, 0.2) is 66.7 Å². The van der Waals surface area contributed by atoms with Crippen LogP contribution in [0.3, 0.4) is 0 Å². The number of fused-ring (bicyclic) bond motifs is 1. The van der Waals surface area contributed by atoms with Gasteiger partial charge in [0.25, 0.3) is 5.91 Å².